The minimum atomic E-state index is -0.922. The fourth-order valence-corrected chi connectivity index (χ4v) is 3.01. The van der Waals surface area contributed by atoms with E-state index in [-0.39, 0.29) is 0 Å². The molecule has 0 unspecified atom stereocenters. The summed E-state index contributed by atoms with van der Waals surface area (Å²) >= 11 is 3.44. The minimum absolute atomic E-state index is 0.568. The van der Waals surface area contributed by atoms with Gasteiger partial charge in [0.1, 0.15) is 0 Å². The highest BCUT2D eigenvalue weighted by Gasteiger charge is 2.21. The van der Waals surface area contributed by atoms with Crippen molar-refractivity contribution in [3.63, 3.8) is 0 Å². The molecule has 0 aliphatic heterocycles. The van der Waals surface area contributed by atoms with E-state index in [1.807, 2.05) is 18.2 Å². The molecule has 1 aromatic rings. The fourth-order valence-electron chi connectivity index (χ4n) is 2.63. The zero-order chi connectivity index (χ0) is 13.8. The summed E-state index contributed by atoms with van der Waals surface area (Å²) in [5.41, 5.74) is 2.03. The number of hydrogen-bond donors (Lipinski definition) is 1. The van der Waals surface area contributed by atoms with Crippen molar-refractivity contribution in [2.24, 2.45) is 0 Å². The van der Waals surface area contributed by atoms with E-state index in [0.717, 1.165) is 15.7 Å². The zero-order valence-electron chi connectivity index (χ0n) is 11.0. The number of rotatable bonds is 4. The smallest absolute Gasteiger partial charge is 0.328 e. The quantitative estimate of drug-likeness (QED) is 0.853. The number of carboxylic acid groups (broad SMARTS) is 1. The molecule has 1 aliphatic rings. The van der Waals surface area contributed by atoms with Gasteiger partial charge >= 0.3 is 5.97 Å². The van der Waals surface area contributed by atoms with Gasteiger partial charge in [0.2, 0.25) is 0 Å². The maximum Gasteiger partial charge on any atom is 0.328 e. The summed E-state index contributed by atoms with van der Waals surface area (Å²) in [6.45, 7) is 0. The average Bonchev–Trinajstić information content (AvgIpc) is 2.89. The van der Waals surface area contributed by atoms with Gasteiger partial charge in [0, 0.05) is 29.3 Å². The molecule has 0 saturated heterocycles. The molecular formula is C15H18BrNO2. The minimum Gasteiger partial charge on any atom is -0.478 e. The lowest BCUT2D eigenvalue weighted by Crippen LogP contribution is -2.29. The van der Waals surface area contributed by atoms with Crippen molar-refractivity contribution in [1.82, 2.24) is 0 Å². The lowest BCUT2D eigenvalue weighted by Gasteiger charge is -2.28. The maximum atomic E-state index is 10.7. The Morgan fingerprint density at radius 3 is 2.74 bits per heavy atom. The number of carbonyl (C=O) groups is 1. The predicted octanol–water partition coefficient (Wildman–Crippen LogP) is 3.93. The van der Waals surface area contributed by atoms with E-state index in [4.69, 9.17) is 5.11 Å². The van der Waals surface area contributed by atoms with E-state index < -0.39 is 5.97 Å². The molecule has 1 N–H and O–H groups in total. The van der Waals surface area contributed by atoms with Crippen molar-refractivity contribution in [2.75, 3.05) is 11.9 Å². The van der Waals surface area contributed by atoms with E-state index in [1.165, 1.54) is 31.8 Å². The van der Waals surface area contributed by atoms with Crippen LogP contribution >= 0.6 is 15.9 Å². The van der Waals surface area contributed by atoms with Gasteiger partial charge < -0.3 is 10.0 Å². The number of carboxylic acids is 1. The molecule has 0 aromatic heterocycles. The Bertz CT molecular complexity index is 493. The van der Waals surface area contributed by atoms with Crippen LogP contribution in [0.15, 0.2) is 28.7 Å². The summed E-state index contributed by atoms with van der Waals surface area (Å²) in [6.07, 6.45) is 7.85. The van der Waals surface area contributed by atoms with Gasteiger partial charge in [0.15, 0.2) is 0 Å². The number of halogens is 1. The molecule has 1 aliphatic carbocycles. The fraction of sp³-hybridized carbons (Fsp3) is 0.400. The molecule has 4 heteroatoms. The van der Waals surface area contributed by atoms with E-state index in [0.29, 0.717) is 6.04 Å². The third-order valence-corrected chi connectivity index (χ3v) is 4.14. The van der Waals surface area contributed by atoms with Gasteiger partial charge in [-0.25, -0.2) is 4.79 Å². The van der Waals surface area contributed by atoms with Crippen molar-refractivity contribution < 1.29 is 9.90 Å². The normalized spacial score (nSPS) is 16.1. The summed E-state index contributed by atoms with van der Waals surface area (Å²) in [5.74, 6) is -0.922. The molecule has 3 nitrogen and oxygen atoms in total. The number of anilines is 1. The highest BCUT2D eigenvalue weighted by molar-refractivity contribution is 9.10. The van der Waals surface area contributed by atoms with E-state index >= 15 is 0 Å². The number of aliphatic carboxylic acids is 1. The molecule has 0 bridgehead atoms. The lowest BCUT2D eigenvalue weighted by molar-refractivity contribution is -0.131. The summed E-state index contributed by atoms with van der Waals surface area (Å²) < 4.78 is 0.959. The molecular weight excluding hydrogens is 306 g/mol. The molecule has 1 fully saturated rings. The van der Waals surface area contributed by atoms with Crippen LogP contribution in [-0.2, 0) is 4.79 Å². The van der Waals surface area contributed by atoms with E-state index in [1.54, 1.807) is 6.08 Å². The molecule has 0 spiro atoms. The molecule has 1 saturated carbocycles. The lowest BCUT2D eigenvalue weighted by atomic mass is 10.1. The van der Waals surface area contributed by atoms with Crippen LogP contribution in [0.2, 0.25) is 0 Å². The Hall–Kier alpha value is -1.29. The van der Waals surface area contributed by atoms with Gasteiger partial charge in [-0.2, -0.15) is 0 Å². The van der Waals surface area contributed by atoms with Crippen LogP contribution in [0.4, 0.5) is 5.69 Å². The molecule has 0 amide bonds. The van der Waals surface area contributed by atoms with Gasteiger partial charge in [-0.15, -0.1) is 0 Å². The van der Waals surface area contributed by atoms with Crippen LogP contribution in [0.1, 0.15) is 31.2 Å². The van der Waals surface area contributed by atoms with Crippen molar-refractivity contribution in [1.29, 1.82) is 0 Å². The number of nitrogens with zero attached hydrogens (tertiary/aromatic N) is 1. The first-order valence-electron chi connectivity index (χ1n) is 6.51. The molecule has 19 heavy (non-hydrogen) atoms. The van der Waals surface area contributed by atoms with Crippen molar-refractivity contribution >= 4 is 33.7 Å². The first kappa shape index (κ1) is 14.1. The van der Waals surface area contributed by atoms with Crippen LogP contribution in [0.3, 0.4) is 0 Å². The Kier molecular flexibility index (Phi) is 4.64. The van der Waals surface area contributed by atoms with Crippen LogP contribution in [-0.4, -0.2) is 24.2 Å². The summed E-state index contributed by atoms with van der Waals surface area (Å²) in [4.78, 5) is 13.0. The zero-order valence-corrected chi connectivity index (χ0v) is 12.6. The molecule has 0 atom stereocenters. The standard InChI is InChI=1S/C15H18BrNO2/c1-17(13-4-2-3-5-13)14-8-7-12(16)10-11(14)6-9-15(18)19/h6-10,13H,2-5H2,1H3,(H,18,19)/b9-6+. The topological polar surface area (TPSA) is 40.5 Å². The largest absolute Gasteiger partial charge is 0.478 e. The highest BCUT2D eigenvalue weighted by Crippen LogP contribution is 2.31. The van der Waals surface area contributed by atoms with Gasteiger partial charge in [-0.05, 0) is 42.7 Å². The Morgan fingerprint density at radius 1 is 1.42 bits per heavy atom. The molecule has 2 rings (SSSR count). The van der Waals surface area contributed by atoms with E-state index in [2.05, 4.69) is 27.9 Å². The molecule has 102 valence electrons. The van der Waals surface area contributed by atoms with Gasteiger partial charge in [0.05, 0.1) is 0 Å². The van der Waals surface area contributed by atoms with Crippen LogP contribution in [0, 0.1) is 0 Å². The van der Waals surface area contributed by atoms with Crippen LogP contribution in [0.5, 0.6) is 0 Å². The summed E-state index contributed by atoms with van der Waals surface area (Å²) in [5, 5.41) is 8.77. The molecule has 0 heterocycles. The predicted molar refractivity (Wildman–Crippen MR) is 81.5 cm³/mol. The number of hydrogen-bond acceptors (Lipinski definition) is 2. The van der Waals surface area contributed by atoms with Crippen LogP contribution in [0.25, 0.3) is 6.08 Å². The van der Waals surface area contributed by atoms with Gasteiger partial charge in [0.25, 0.3) is 0 Å². The second kappa shape index (κ2) is 6.24. The van der Waals surface area contributed by atoms with Crippen molar-refractivity contribution in [2.45, 2.75) is 31.7 Å². The second-order valence-electron chi connectivity index (χ2n) is 4.92. The van der Waals surface area contributed by atoms with Gasteiger partial charge in [-0.3, -0.25) is 0 Å². The summed E-state index contributed by atoms with van der Waals surface area (Å²) in [6, 6.07) is 6.57. The summed E-state index contributed by atoms with van der Waals surface area (Å²) in [7, 11) is 2.09. The van der Waals surface area contributed by atoms with Crippen LogP contribution < -0.4 is 4.90 Å². The monoisotopic (exact) mass is 323 g/mol. The Morgan fingerprint density at radius 2 is 2.11 bits per heavy atom. The van der Waals surface area contributed by atoms with Gasteiger partial charge in [-0.1, -0.05) is 28.8 Å². The van der Waals surface area contributed by atoms with Crippen molar-refractivity contribution in [3.8, 4) is 0 Å². The Balaban J connectivity index is 2.30. The van der Waals surface area contributed by atoms with E-state index in [9.17, 15) is 4.79 Å². The first-order chi connectivity index (χ1) is 9.08. The third-order valence-electron chi connectivity index (χ3n) is 3.65. The molecule has 0 radical (unpaired) electrons. The number of benzene rings is 1. The second-order valence-corrected chi connectivity index (χ2v) is 5.84. The van der Waals surface area contributed by atoms with Crippen molar-refractivity contribution in [3.05, 3.63) is 34.3 Å². The average molecular weight is 324 g/mol. The third kappa shape index (κ3) is 3.60. The SMILES string of the molecule is CN(c1ccc(Br)cc1/C=C/C(=O)O)C1CCCC1. The molecule has 1 aromatic carbocycles. The highest BCUT2D eigenvalue weighted by atomic mass is 79.9. The Labute approximate surface area is 122 Å². The maximum absolute atomic E-state index is 10.7. The first-order valence-corrected chi connectivity index (χ1v) is 7.30.